The zero-order valence-corrected chi connectivity index (χ0v) is 70.8. The molecule has 0 amide bonds. The van der Waals surface area contributed by atoms with E-state index in [1.165, 1.54) is 115 Å². The molecule has 6 heterocycles. The van der Waals surface area contributed by atoms with Crippen molar-refractivity contribution in [3.8, 4) is 34.2 Å². The van der Waals surface area contributed by atoms with Gasteiger partial charge in [0.15, 0.2) is 0 Å². The fourth-order valence-electron chi connectivity index (χ4n) is 18.9. The van der Waals surface area contributed by atoms with Crippen LogP contribution in [0.1, 0.15) is 239 Å². The predicted octanol–water partition coefficient (Wildman–Crippen LogP) is 28.2. The summed E-state index contributed by atoms with van der Waals surface area (Å²) in [5.41, 5.74) is 27.0. The first-order valence-corrected chi connectivity index (χ1v) is 41.0. The lowest BCUT2D eigenvalue weighted by atomic mass is 9.64. The van der Waals surface area contributed by atoms with Crippen LogP contribution in [0.4, 0.5) is 0 Å². The lowest BCUT2D eigenvalue weighted by molar-refractivity contribution is -0.119. The maximum absolute atomic E-state index is 8.31. The lowest BCUT2D eigenvalue weighted by Gasteiger charge is -2.38. The van der Waals surface area contributed by atoms with Crippen LogP contribution in [0.25, 0.3) is 105 Å². The van der Waals surface area contributed by atoms with Crippen molar-refractivity contribution in [1.82, 2.24) is 18.3 Å². The largest absolute Gasteiger partial charge is 0.446 e. The van der Waals surface area contributed by atoms with E-state index in [2.05, 4.69) is 409 Å². The van der Waals surface area contributed by atoms with Crippen molar-refractivity contribution in [1.29, 1.82) is 0 Å². The standard InChI is InChI=1S/C106H112N4O2/c1-97(2,3)65-29-45-87-77(53-65)78-54-66(98(4,5)6)30-46-88(78)107(87)73-37-25-63(26-38-73)105-85-43-41-75(109-91-49-33-69(101(13,14)15)57-81(91)82-58-70(102(16,17)18)34-50-92(82)109)61-95(85)111-106(105,64-27-39-74(40-28-64)108-89-47-31-67(99(7,8)9)55-79(89)80-56-68(100(10,11)12)32-48-90(80)108)112-96-62-76(42-44-86(96)105)110-93-51-35-71(103(19,20)21)59-83(93)84-60-72(104(22,23)24)36-52-94(84)110/h25-59,61-62,72H,60H2,1-24H3. The third-order valence-electron chi connectivity index (χ3n) is 25.8. The fourth-order valence-corrected chi connectivity index (χ4v) is 18.9. The molecule has 1 aliphatic carbocycles. The van der Waals surface area contributed by atoms with Gasteiger partial charge in [0.25, 0.3) is 5.79 Å². The number of aromatic nitrogens is 4. The first kappa shape index (κ1) is 73.2. The number of nitrogens with zero attached hydrogens (tertiary/aromatic N) is 4. The van der Waals surface area contributed by atoms with Crippen molar-refractivity contribution in [3.63, 3.8) is 0 Å². The molecule has 0 bridgehead atoms. The lowest BCUT2D eigenvalue weighted by Crippen LogP contribution is -2.50. The Labute approximate surface area is 664 Å². The second-order valence-corrected chi connectivity index (χ2v) is 41.6. The second kappa shape index (κ2) is 24.1. The molecule has 0 saturated heterocycles. The SMILES string of the molecule is CC(C)(C)c1ccc2c(c1)c1c(n2-c2ccc3c(c2)OC2(c4ccc(-n5c6ccc(C(C)(C)C)cc6c6cc(C(C)(C)C)ccc65)cc4)Oc4cc(-n5c6ccc(C(C)(C)C)cc6c6cc(C(C)(C)C)ccc65)ccc4C32c2ccc(-n3c4ccc(C(C)(C)C)cc4c4cc(C(C)(C)C)ccc43)cc2)C=CC(C(C)(C)C)C1. The Kier molecular flexibility index (Phi) is 15.8. The minimum Gasteiger partial charge on any atom is -0.446 e. The van der Waals surface area contributed by atoms with E-state index in [1.54, 1.807) is 0 Å². The van der Waals surface area contributed by atoms with Crippen LogP contribution >= 0.6 is 0 Å². The number of hydrogen-bond donors (Lipinski definition) is 0. The van der Waals surface area contributed by atoms with Crippen LogP contribution in [0.5, 0.6) is 11.5 Å². The van der Waals surface area contributed by atoms with Crippen molar-refractivity contribution >= 4 is 82.4 Å². The van der Waals surface area contributed by atoms with Gasteiger partial charge >= 0.3 is 0 Å². The van der Waals surface area contributed by atoms with E-state index in [0.717, 1.165) is 74.0 Å². The van der Waals surface area contributed by atoms with E-state index in [9.17, 15) is 0 Å². The van der Waals surface area contributed by atoms with Gasteiger partial charge < -0.3 is 27.7 Å². The van der Waals surface area contributed by atoms with E-state index >= 15 is 0 Å². The van der Waals surface area contributed by atoms with Gasteiger partial charge in [-0.15, -0.1) is 0 Å². The van der Waals surface area contributed by atoms with Crippen molar-refractivity contribution in [3.05, 3.63) is 291 Å². The minimum atomic E-state index is -1.50. The molecule has 6 heteroatoms. The smallest absolute Gasteiger partial charge is 0.296 e. The second-order valence-electron chi connectivity index (χ2n) is 41.6. The number of allylic oxidation sites excluding steroid dienone is 1. The molecule has 0 N–H and O–H groups in total. The van der Waals surface area contributed by atoms with Crippen LogP contribution in [0.2, 0.25) is 0 Å². The Bertz CT molecular complexity index is 6260. The summed E-state index contributed by atoms with van der Waals surface area (Å²) in [6.45, 7) is 55.9. The number of rotatable bonds is 6. The van der Waals surface area contributed by atoms with Crippen LogP contribution in [-0.4, -0.2) is 18.3 Å². The molecule has 3 atom stereocenters. The Morgan fingerprint density at radius 3 is 0.848 bits per heavy atom. The van der Waals surface area contributed by atoms with Gasteiger partial charge in [0.1, 0.15) is 16.9 Å². The van der Waals surface area contributed by atoms with Gasteiger partial charge in [-0.05, 0) is 245 Å². The molecule has 18 rings (SSSR count). The summed E-state index contributed by atoms with van der Waals surface area (Å²) in [7, 11) is 0. The maximum atomic E-state index is 8.31. The van der Waals surface area contributed by atoms with E-state index in [1.807, 2.05) is 0 Å². The highest BCUT2D eigenvalue weighted by Gasteiger charge is 2.70. The van der Waals surface area contributed by atoms with Crippen LogP contribution in [0, 0.1) is 11.3 Å². The number of fused-ring (bicyclic) bond motifs is 17. The van der Waals surface area contributed by atoms with Crippen molar-refractivity contribution < 1.29 is 9.47 Å². The highest BCUT2D eigenvalue weighted by molar-refractivity contribution is 6.12. The highest BCUT2D eigenvalue weighted by atomic mass is 16.7. The van der Waals surface area contributed by atoms with Gasteiger partial charge in [-0.25, -0.2) is 0 Å². The Balaban J connectivity index is 0.907. The van der Waals surface area contributed by atoms with E-state index in [-0.39, 0.29) is 43.3 Å². The number of ether oxygens (including phenoxy) is 2. The van der Waals surface area contributed by atoms with Gasteiger partial charge in [-0.2, -0.15) is 0 Å². The first-order chi connectivity index (χ1) is 52.5. The van der Waals surface area contributed by atoms with E-state index in [0.29, 0.717) is 5.92 Å². The van der Waals surface area contributed by atoms with Crippen LogP contribution in [0.3, 0.4) is 0 Å². The van der Waals surface area contributed by atoms with Crippen LogP contribution < -0.4 is 9.47 Å². The molecule has 6 nitrogen and oxygen atoms in total. The van der Waals surface area contributed by atoms with E-state index < -0.39 is 11.2 Å². The van der Waals surface area contributed by atoms with Crippen LogP contribution in [-0.2, 0) is 55.5 Å². The summed E-state index contributed by atoms with van der Waals surface area (Å²) >= 11 is 0. The summed E-state index contributed by atoms with van der Waals surface area (Å²) in [4.78, 5) is 0. The molecule has 4 aromatic heterocycles. The van der Waals surface area contributed by atoms with Gasteiger partial charge in [-0.1, -0.05) is 239 Å². The third kappa shape index (κ3) is 11.2. The summed E-state index contributed by atoms with van der Waals surface area (Å²) in [6.07, 6.45) is 5.84. The highest BCUT2D eigenvalue weighted by Crippen LogP contribution is 2.68. The summed E-state index contributed by atoms with van der Waals surface area (Å²) in [5, 5.41) is 8.82. The van der Waals surface area contributed by atoms with Crippen LogP contribution in [0.15, 0.2) is 218 Å². The monoisotopic (exact) mass is 1470 g/mol. The van der Waals surface area contributed by atoms with Crippen molar-refractivity contribution in [2.24, 2.45) is 11.3 Å². The molecular weight excluding hydrogens is 1360 g/mol. The maximum Gasteiger partial charge on any atom is 0.296 e. The van der Waals surface area contributed by atoms with Crippen molar-refractivity contribution in [2.75, 3.05) is 0 Å². The molecule has 568 valence electrons. The molecule has 2 aliphatic heterocycles. The average molecular weight is 1470 g/mol. The average Bonchev–Trinajstić information content (AvgIpc) is 1.49. The van der Waals surface area contributed by atoms with Gasteiger partial charge in [0.2, 0.25) is 0 Å². The number of hydrogen-bond acceptors (Lipinski definition) is 2. The zero-order chi connectivity index (χ0) is 79.2. The molecule has 0 saturated carbocycles. The molecule has 112 heavy (non-hydrogen) atoms. The zero-order valence-electron chi connectivity index (χ0n) is 70.8. The summed E-state index contributed by atoms with van der Waals surface area (Å²) in [6, 6.07) is 82.9. The van der Waals surface area contributed by atoms with Crippen molar-refractivity contribution in [2.45, 2.75) is 222 Å². The Morgan fingerprint density at radius 1 is 0.277 bits per heavy atom. The summed E-state index contributed by atoms with van der Waals surface area (Å²) < 4.78 is 26.6. The molecule has 3 unspecified atom stereocenters. The van der Waals surface area contributed by atoms with E-state index in [4.69, 9.17) is 9.47 Å². The molecule has 0 spiro atoms. The molecule has 0 fully saturated rings. The Morgan fingerprint density at radius 2 is 0.545 bits per heavy atom. The summed E-state index contributed by atoms with van der Waals surface area (Å²) in [5.74, 6) is 0.426. The van der Waals surface area contributed by atoms with Gasteiger partial charge in [0.05, 0.1) is 38.6 Å². The quantitative estimate of drug-likeness (QED) is 0.166. The first-order valence-electron chi connectivity index (χ1n) is 41.0. The molecule has 11 aromatic carbocycles. The normalized spacial score (nSPS) is 17.7. The van der Waals surface area contributed by atoms with Gasteiger partial charge in [0, 0.05) is 95.0 Å². The third-order valence-corrected chi connectivity index (χ3v) is 25.8. The molecular formula is C106H112N4O2. The topological polar surface area (TPSA) is 38.2 Å². The molecule has 0 radical (unpaired) electrons. The molecule has 15 aromatic rings. The predicted molar refractivity (Wildman–Crippen MR) is 475 cm³/mol. The number of benzene rings is 11. The fraction of sp³-hybridized carbons (Fsp3) is 0.340. The van der Waals surface area contributed by atoms with Gasteiger partial charge in [-0.3, -0.25) is 0 Å². The minimum absolute atomic E-state index is 0.0340. The molecule has 3 aliphatic rings. The Hall–Kier alpha value is -10.3.